The first kappa shape index (κ1) is 15.8. The van der Waals surface area contributed by atoms with Gasteiger partial charge < -0.3 is 14.7 Å². The van der Waals surface area contributed by atoms with E-state index in [4.69, 9.17) is 0 Å². The molecule has 2 saturated heterocycles. The van der Waals surface area contributed by atoms with Crippen LogP contribution in [0.3, 0.4) is 0 Å². The van der Waals surface area contributed by atoms with E-state index >= 15 is 0 Å². The van der Waals surface area contributed by atoms with Crippen LogP contribution in [-0.2, 0) is 4.79 Å². The SMILES string of the molecule is O=C1CCCN1CCN1CCC(N(c2ccncn2)C2CC2)CC1. The normalized spacial score (nSPS) is 23.0. The third-order valence-corrected chi connectivity index (χ3v) is 5.58. The molecule has 130 valence electrons. The Balaban J connectivity index is 1.29. The van der Waals surface area contributed by atoms with E-state index in [-0.39, 0.29) is 0 Å². The van der Waals surface area contributed by atoms with Crippen LogP contribution >= 0.6 is 0 Å². The smallest absolute Gasteiger partial charge is 0.222 e. The molecule has 6 nitrogen and oxygen atoms in total. The summed E-state index contributed by atoms with van der Waals surface area (Å²) < 4.78 is 0. The Morgan fingerprint density at radius 3 is 2.50 bits per heavy atom. The number of carbonyl (C=O) groups excluding carboxylic acids is 1. The van der Waals surface area contributed by atoms with Gasteiger partial charge in [-0.1, -0.05) is 0 Å². The molecule has 3 aliphatic rings. The fourth-order valence-electron chi connectivity index (χ4n) is 4.09. The molecule has 0 bridgehead atoms. The van der Waals surface area contributed by atoms with Gasteiger partial charge in [-0.25, -0.2) is 9.97 Å². The molecular formula is C18H27N5O. The van der Waals surface area contributed by atoms with Crippen LogP contribution in [0.4, 0.5) is 5.82 Å². The van der Waals surface area contributed by atoms with Crippen molar-refractivity contribution in [1.82, 2.24) is 19.8 Å². The number of nitrogens with zero attached hydrogens (tertiary/aromatic N) is 5. The maximum Gasteiger partial charge on any atom is 0.222 e. The van der Waals surface area contributed by atoms with Crippen LogP contribution in [0.25, 0.3) is 0 Å². The Morgan fingerprint density at radius 1 is 1.08 bits per heavy atom. The predicted molar refractivity (Wildman–Crippen MR) is 92.8 cm³/mol. The molecule has 2 aliphatic heterocycles. The standard InChI is InChI=1S/C18H27N5O/c24-18-2-1-9-22(18)13-12-21-10-6-16(7-11-21)23(15-3-4-15)17-5-8-19-14-20-17/h5,8,14-16H,1-4,6-7,9-13H2. The molecule has 1 aliphatic carbocycles. The maximum atomic E-state index is 11.7. The third kappa shape index (κ3) is 3.53. The summed E-state index contributed by atoms with van der Waals surface area (Å²) in [6.07, 6.45) is 10.3. The van der Waals surface area contributed by atoms with Crippen LogP contribution in [0.2, 0.25) is 0 Å². The van der Waals surface area contributed by atoms with Gasteiger partial charge in [0.2, 0.25) is 5.91 Å². The number of amides is 1. The molecule has 0 atom stereocenters. The summed E-state index contributed by atoms with van der Waals surface area (Å²) in [4.78, 5) is 27.4. The Morgan fingerprint density at radius 2 is 1.88 bits per heavy atom. The van der Waals surface area contributed by atoms with Gasteiger partial charge in [0, 0.05) is 57.4 Å². The highest BCUT2D eigenvalue weighted by atomic mass is 16.2. The summed E-state index contributed by atoms with van der Waals surface area (Å²) in [6, 6.07) is 3.32. The molecule has 1 amide bonds. The fraction of sp³-hybridized carbons (Fsp3) is 0.722. The van der Waals surface area contributed by atoms with Crippen molar-refractivity contribution in [1.29, 1.82) is 0 Å². The molecule has 24 heavy (non-hydrogen) atoms. The van der Waals surface area contributed by atoms with E-state index in [1.165, 1.54) is 25.7 Å². The molecule has 1 aromatic heterocycles. The number of hydrogen-bond donors (Lipinski definition) is 0. The molecule has 4 rings (SSSR count). The van der Waals surface area contributed by atoms with Gasteiger partial charge in [-0.2, -0.15) is 0 Å². The van der Waals surface area contributed by atoms with Crippen LogP contribution in [0.5, 0.6) is 0 Å². The van der Waals surface area contributed by atoms with Crippen molar-refractivity contribution in [2.24, 2.45) is 0 Å². The van der Waals surface area contributed by atoms with E-state index < -0.39 is 0 Å². The van der Waals surface area contributed by atoms with Gasteiger partial charge >= 0.3 is 0 Å². The van der Waals surface area contributed by atoms with E-state index in [1.54, 1.807) is 6.33 Å². The number of rotatable bonds is 6. The second-order valence-corrected chi connectivity index (χ2v) is 7.26. The van der Waals surface area contributed by atoms with Gasteiger partial charge in [0.1, 0.15) is 12.1 Å². The Kier molecular flexibility index (Phi) is 4.65. The fourth-order valence-corrected chi connectivity index (χ4v) is 4.09. The number of carbonyl (C=O) groups is 1. The monoisotopic (exact) mass is 329 g/mol. The lowest BCUT2D eigenvalue weighted by Gasteiger charge is -2.39. The summed E-state index contributed by atoms with van der Waals surface area (Å²) in [6.45, 7) is 5.14. The molecule has 6 heteroatoms. The van der Waals surface area contributed by atoms with Gasteiger partial charge in [0.25, 0.3) is 0 Å². The summed E-state index contributed by atoms with van der Waals surface area (Å²) in [5.74, 6) is 1.43. The van der Waals surface area contributed by atoms with Gasteiger partial charge in [-0.05, 0) is 38.2 Å². The topological polar surface area (TPSA) is 52.6 Å². The zero-order chi connectivity index (χ0) is 16.4. The molecule has 0 unspecified atom stereocenters. The molecule has 0 radical (unpaired) electrons. The van der Waals surface area contributed by atoms with Gasteiger partial charge in [0.05, 0.1) is 0 Å². The van der Waals surface area contributed by atoms with Crippen molar-refractivity contribution < 1.29 is 4.79 Å². The second kappa shape index (κ2) is 7.05. The highest BCUT2D eigenvalue weighted by molar-refractivity contribution is 5.78. The van der Waals surface area contributed by atoms with E-state index in [0.29, 0.717) is 18.0 Å². The van der Waals surface area contributed by atoms with Crippen LogP contribution in [0.15, 0.2) is 18.6 Å². The lowest BCUT2D eigenvalue weighted by atomic mass is 10.0. The minimum atomic E-state index is 0.341. The summed E-state index contributed by atoms with van der Waals surface area (Å²) in [7, 11) is 0. The first-order valence-corrected chi connectivity index (χ1v) is 9.36. The van der Waals surface area contributed by atoms with E-state index in [9.17, 15) is 4.79 Å². The Bertz CT molecular complexity index is 554. The summed E-state index contributed by atoms with van der Waals surface area (Å²) >= 11 is 0. The average Bonchev–Trinajstić information content (AvgIpc) is 3.37. The zero-order valence-electron chi connectivity index (χ0n) is 14.3. The first-order valence-electron chi connectivity index (χ1n) is 9.36. The molecule has 3 fully saturated rings. The number of hydrogen-bond acceptors (Lipinski definition) is 5. The quantitative estimate of drug-likeness (QED) is 0.792. The van der Waals surface area contributed by atoms with Crippen molar-refractivity contribution in [3.8, 4) is 0 Å². The molecular weight excluding hydrogens is 302 g/mol. The Hall–Kier alpha value is -1.69. The Labute approximate surface area is 143 Å². The third-order valence-electron chi connectivity index (χ3n) is 5.58. The van der Waals surface area contributed by atoms with Crippen LogP contribution < -0.4 is 4.90 Å². The van der Waals surface area contributed by atoms with Crippen LogP contribution in [0.1, 0.15) is 38.5 Å². The van der Waals surface area contributed by atoms with Crippen molar-refractivity contribution in [3.63, 3.8) is 0 Å². The van der Waals surface area contributed by atoms with Crippen molar-refractivity contribution in [3.05, 3.63) is 18.6 Å². The van der Waals surface area contributed by atoms with Crippen LogP contribution in [-0.4, -0.2) is 70.5 Å². The lowest BCUT2D eigenvalue weighted by Crippen LogP contribution is -2.48. The number of likely N-dealkylation sites (tertiary alicyclic amines) is 2. The van der Waals surface area contributed by atoms with Crippen LogP contribution in [0, 0.1) is 0 Å². The largest absolute Gasteiger partial charge is 0.350 e. The maximum absolute atomic E-state index is 11.7. The van der Waals surface area contributed by atoms with Crippen molar-refractivity contribution in [2.45, 2.75) is 50.6 Å². The van der Waals surface area contributed by atoms with E-state index in [2.05, 4.69) is 19.8 Å². The van der Waals surface area contributed by atoms with E-state index in [1.807, 2.05) is 17.2 Å². The van der Waals surface area contributed by atoms with E-state index in [0.717, 1.165) is 51.4 Å². The van der Waals surface area contributed by atoms with Gasteiger partial charge in [-0.15, -0.1) is 0 Å². The molecule has 3 heterocycles. The highest BCUT2D eigenvalue weighted by Gasteiger charge is 2.36. The minimum absolute atomic E-state index is 0.341. The molecule has 0 aromatic carbocycles. The first-order chi connectivity index (χ1) is 11.8. The van der Waals surface area contributed by atoms with Gasteiger partial charge in [-0.3, -0.25) is 4.79 Å². The number of anilines is 1. The predicted octanol–water partition coefficient (Wildman–Crippen LogP) is 1.53. The summed E-state index contributed by atoms with van der Waals surface area (Å²) in [5, 5.41) is 0. The molecule has 1 aromatic rings. The minimum Gasteiger partial charge on any atom is -0.350 e. The molecule has 1 saturated carbocycles. The molecule has 0 spiro atoms. The average molecular weight is 329 g/mol. The molecule has 0 N–H and O–H groups in total. The van der Waals surface area contributed by atoms with Crippen molar-refractivity contribution in [2.75, 3.05) is 37.6 Å². The summed E-state index contributed by atoms with van der Waals surface area (Å²) in [5.41, 5.74) is 0. The lowest BCUT2D eigenvalue weighted by molar-refractivity contribution is -0.127. The zero-order valence-corrected chi connectivity index (χ0v) is 14.3. The van der Waals surface area contributed by atoms with Gasteiger partial charge in [0.15, 0.2) is 0 Å². The highest BCUT2D eigenvalue weighted by Crippen LogP contribution is 2.34. The number of aromatic nitrogens is 2. The second-order valence-electron chi connectivity index (χ2n) is 7.26. The van der Waals surface area contributed by atoms with Crippen molar-refractivity contribution >= 4 is 11.7 Å². The number of piperidine rings is 1.